The van der Waals surface area contributed by atoms with Gasteiger partial charge in [0.25, 0.3) is 5.91 Å². The molecule has 2 saturated heterocycles. The van der Waals surface area contributed by atoms with Crippen LogP contribution in [0.1, 0.15) is 23.2 Å². The molecule has 180 valence electrons. The number of carbonyl (C=O) groups is 2. The van der Waals surface area contributed by atoms with E-state index in [4.69, 9.17) is 15.5 Å². The molecule has 0 aliphatic carbocycles. The first kappa shape index (κ1) is 22.0. The summed E-state index contributed by atoms with van der Waals surface area (Å²) in [7, 11) is 0. The Kier molecular flexibility index (Phi) is 5.42. The van der Waals surface area contributed by atoms with Gasteiger partial charge in [-0.25, -0.2) is 4.98 Å². The first-order valence-electron chi connectivity index (χ1n) is 11.8. The van der Waals surface area contributed by atoms with Crippen LogP contribution >= 0.6 is 11.3 Å². The van der Waals surface area contributed by atoms with Crippen LogP contribution in [0.15, 0.2) is 41.2 Å². The van der Waals surface area contributed by atoms with E-state index in [0.29, 0.717) is 55.0 Å². The Labute approximate surface area is 204 Å². The summed E-state index contributed by atoms with van der Waals surface area (Å²) in [5.74, 6) is -0.0844. The van der Waals surface area contributed by atoms with Crippen molar-refractivity contribution in [2.75, 3.05) is 44.3 Å². The van der Waals surface area contributed by atoms with E-state index in [1.54, 1.807) is 11.0 Å². The number of nitrogens with two attached hydrogens (primary N) is 1. The summed E-state index contributed by atoms with van der Waals surface area (Å²) in [4.78, 5) is 48.4. The Hall–Kier alpha value is -3.50. The van der Waals surface area contributed by atoms with Crippen LogP contribution in [0.5, 0.6) is 0 Å². The van der Waals surface area contributed by atoms with Crippen molar-refractivity contribution < 1.29 is 14.3 Å². The minimum atomic E-state index is -0.336. The summed E-state index contributed by atoms with van der Waals surface area (Å²) in [6, 6.07) is 11.5. The number of para-hydroxylation sites is 1. The number of morpholine rings is 1. The van der Waals surface area contributed by atoms with Crippen molar-refractivity contribution in [3.8, 4) is 0 Å². The Morgan fingerprint density at radius 3 is 2.51 bits per heavy atom. The van der Waals surface area contributed by atoms with Crippen LogP contribution in [0.2, 0.25) is 0 Å². The lowest BCUT2D eigenvalue weighted by atomic mass is 9.96. The molecule has 10 heteroatoms. The van der Waals surface area contributed by atoms with Gasteiger partial charge in [-0.2, -0.15) is 0 Å². The molecule has 9 nitrogen and oxygen atoms in total. The van der Waals surface area contributed by atoms with E-state index >= 15 is 0 Å². The number of thiazole rings is 1. The largest absolute Gasteiger partial charge is 0.378 e. The number of rotatable bonds is 3. The highest BCUT2D eigenvalue weighted by Gasteiger charge is 2.31. The fraction of sp³-hybridized carbons (Fsp3) is 0.360. The van der Waals surface area contributed by atoms with Crippen LogP contribution in [0.3, 0.4) is 0 Å². The van der Waals surface area contributed by atoms with E-state index in [1.807, 2.05) is 34.7 Å². The number of piperidine rings is 1. The van der Waals surface area contributed by atoms with Gasteiger partial charge in [-0.05, 0) is 37.1 Å². The third kappa shape index (κ3) is 3.64. The smallest absolute Gasteiger partial charge is 0.260 e. The van der Waals surface area contributed by atoms with Crippen molar-refractivity contribution in [2.45, 2.75) is 12.8 Å². The molecule has 0 bridgehead atoms. The lowest BCUT2D eigenvalue weighted by Gasteiger charge is -2.30. The molecule has 2 aliphatic heterocycles. The summed E-state index contributed by atoms with van der Waals surface area (Å²) in [5.41, 5.74) is 6.77. The highest BCUT2D eigenvalue weighted by Crippen LogP contribution is 2.32. The molecule has 5 heterocycles. The highest BCUT2D eigenvalue weighted by molar-refractivity contribution is 7.24. The second kappa shape index (κ2) is 8.62. The fourth-order valence-electron chi connectivity index (χ4n) is 5.06. The maximum Gasteiger partial charge on any atom is 0.260 e. The molecule has 4 aromatic rings. The van der Waals surface area contributed by atoms with E-state index in [1.165, 1.54) is 11.3 Å². The molecule has 2 fully saturated rings. The number of carbonyl (C=O) groups excluding carboxylic acids is 2. The van der Waals surface area contributed by atoms with E-state index in [0.717, 1.165) is 29.1 Å². The number of hydrogen-bond acceptors (Lipinski definition) is 7. The van der Waals surface area contributed by atoms with E-state index in [-0.39, 0.29) is 28.7 Å². The molecule has 0 radical (unpaired) electrons. The van der Waals surface area contributed by atoms with E-state index < -0.39 is 0 Å². The number of nitrogens with zero attached hydrogens (tertiary/aromatic N) is 4. The number of ether oxygens (including phenoxy) is 1. The molecule has 3 aromatic heterocycles. The SMILES string of the molecule is NC(=O)C1CCN(C(=O)c2c(=O)c3ccc(N4CCOCC4)nc3n3c2sc2ccccc23)CC1. The first-order valence-corrected chi connectivity index (χ1v) is 12.6. The third-order valence-corrected chi connectivity index (χ3v) is 8.15. The third-order valence-electron chi connectivity index (χ3n) is 7.01. The van der Waals surface area contributed by atoms with Crippen molar-refractivity contribution in [2.24, 2.45) is 11.7 Å². The van der Waals surface area contributed by atoms with Crippen molar-refractivity contribution >= 4 is 55.0 Å². The lowest BCUT2D eigenvalue weighted by Crippen LogP contribution is -2.43. The Balaban J connectivity index is 1.54. The molecule has 2 aliphatic rings. The number of aromatic nitrogens is 2. The van der Waals surface area contributed by atoms with E-state index in [2.05, 4.69) is 4.90 Å². The molecule has 2 N–H and O–H groups in total. The van der Waals surface area contributed by atoms with Crippen LogP contribution in [-0.2, 0) is 9.53 Å². The molecule has 0 unspecified atom stereocenters. The number of fused-ring (bicyclic) bond motifs is 5. The standard InChI is InChI=1S/C25H25N5O4S/c26-22(32)15-7-9-29(10-8-15)24(33)20-21(31)16-5-6-19(28-11-13-34-14-12-28)27-23(16)30-17-3-1-2-4-18(17)35-25(20)30/h1-6,15H,7-14H2,(H2,26,32). The second-order valence-corrected chi connectivity index (χ2v) is 10.1. The van der Waals surface area contributed by atoms with Crippen molar-refractivity contribution in [1.82, 2.24) is 14.3 Å². The molecule has 35 heavy (non-hydrogen) atoms. The van der Waals surface area contributed by atoms with Crippen LogP contribution in [0, 0.1) is 5.92 Å². The fourth-order valence-corrected chi connectivity index (χ4v) is 6.24. The highest BCUT2D eigenvalue weighted by atomic mass is 32.1. The predicted molar refractivity (Wildman–Crippen MR) is 135 cm³/mol. The lowest BCUT2D eigenvalue weighted by molar-refractivity contribution is -0.123. The van der Waals surface area contributed by atoms with Crippen molar-refractivity contribution in [3.63, 3.8) is 0 Å². The van der Waals surface area contributed by atoms with Gasteiger partial charge >= 0.3 is 0 Å². The number of pyridine rings is 2. The normalized spacial score (nSPS) is 17.5. The maximum atomic E-state index is 13.8. The summed E-state index contributed by atoms with van der Waals surface area (Å²) < 4.78 is 8.39. The number of anilines is 1. The molecule has 0 saturated carbocycles. The number of benzene rings is 1. The van der Waals surface area contributed by atoms with Crippen LogP contribution < -0.4 is 16.1 Å². The number of likely N-dealkylation sites (tertiary alicyclic amines) is 1. The van der Waals surface area contributed by atoms with Crippen molar-refractivity contribution in [3.05, 3.63) is 52.2 Å². The zero-order valence-corrected chi connectivity index (χ0v) is 19.9. The van der Waals surface area contributed by atoms with Gasteiger partial charge in [0.1, 0.15) is 16.2 Å². The predicted octanol–water partition coefficient (Wildman–Crippen LogP) is 2.24. The van der Waals surface area contributed by atoms with Gasteiger partial charge in [0.15, 0.2) is 5.65 Å². The monoisotopic (exact) mass is 491 g/mol. The average molecular weight is 492 g/mol. The molecule has 2 amide bonds. The molecular weight excluding hydrogens is 466 g/mol. The molecular formula is C25H25N5O4S. The van der Waals surface area contributed by atoms with E-state index in [9.17, 15) is 14.4 Å². The topological polar surface area (TPSA) is 110 Å². The minimum Gasteiger partial charge on any atom is -0.378 e. The summed E-state index contributed by atoms with van der Waals surface area (Å²) in [6.45, 7) is 3.54. The summed E-state index contributed by atoms with van der Waals surface area (Å²) in [6.07, 6.45) is 1.02. The van der Waals surface area contributed by atoms with Crippen LogP contribution in [-0.4, -0.2) is 65.5 Å². The van der Waals surface area contributed by atoms with Gasteiger partial charge in [-0.3, -0.25) is 18.8 Å². The Morgan fingerprint density at radius 2 is 1.77 bits per heavy atom. The Morgan fingerprint density at radius 1 is 1.03 bits per heavy atom. The average Bonchev–Trinajstić information content (AvgIpc) is 3.28. The quantitative estimate of drug-likeness (QED) is 0.471. The van der Waals surface area contributed by atoms with Gasteiger partial charge in [-0.15, -0.1) is 11.3 Å². The molecule has 6 rings (SSSR count). The van der Waals surface area contributed by atoms with Gasteiger partial charge < -0.3 is 20.3 Å². The zero-order chi connectivity index (χ0) is 24.1. The number of primary amides is 1. The van der Waals surface area contributed by atoms with Gasteiger partial charge in [0.05, 0.1) is 28.8 Å². The Bertz CT molecular complexity index is 1530. The second-order valence-electron chi connectivity index (χ2n) is 9.02. The van der Waals surface area contributed by atoms with Crippen LogP contribution in [0.4, 0.5) is 5.82 Å². The molecule has 1 aromatic carbocycles. The number of hydrogen-bond donors (Lipinski definition) is 1. The minimum absolute atomic E-state index is 0.164. The summed E-state index contributed by atoms with van der Waals surface area (Å²) >= 11 is 1.42. The first-order chi connectivity index (χ1) is 17.0. The van der Waals surface area contributed by atoms with Crippen LogP contribution in [0.25, 0.3) is 26.1 Å². The van der Waals surface area contributed by atoms with Gasteiger partial charge in [-0.1, -0.05) is 12.1 Å². The molecule has 0 atom stereocenters. The van der Waals surface area contributed by atoms with Crippen molar-refractivity contribution in [1.29, 1.82) is 0 Å². The van der Waals surface area contributed by atoms with Gasteiger partial charge in [0.2, 0.25) is 11.3 Å². The maximum absolute atomic E-state index is 13.8. The molecule has 0 spiro atoms. The summed E-state index contributed by atoms with van der Waals surface area (Å²) in [5, 5.41) is 0.415. The van der Waals surface area contributed by atoms with Gasteiger partial charge in [0, 0.05) is 32.1 Å². The number of amides is 2. The zero-order valence-electron chi connectivity index (χ0n) is 19.1.